The molecule has 1 aromatic carbocycles. The van der Waals surface area contributed by atoms with Crippen LogP contribution in [-0.2, 0) is 16.1 Å². The van der Waals surface area contributed by atoms with Crippen LogP contribution in [0, 0.1) is 3.57 Å². The molecule has 1 N–H and O–H groups in total. The molecule has 2 aliphatic heterocycles. The molecule has 0 radical (unpaired) electrons. The van der Waals surface area contributed by atoms with Crippen LogP contribution < -0.4 is 5.32 Å². The number of fused-ring (bicyclic) bond motifs is 1. The molecule has 2 aliphatic rings. The highest BCUT2D eigenvalue weighted by Crippen LogP contribution is 2.28. The van der Waals surface area contributed by atoms with Gasteiger partial charge in [0.15, 0.2) is 0 Å². The highest BCUT2D eigenvalue weighted by Gasteiger charge is 2.38. The van der Waals surface area contributed by atoms with E-state index >= 15 is 0 Å². The third kappa shape index (κ3) is 2.13. The van der Waals surface area contributed by atoms with E-state index < -0.39 is 6.04 Å². The molecule has 0 bridgehead atoms. The summed E-state index contributed by atoms with van der Waals surface area (Å²) in [7, 11) is 0. The Kier molecular flexibility index (Phi) is 3.04. The number of benzene rings is 1. The van der Waals surface area contributed by atoms with Gasteiger partial charge in [-0.1, -0.05) is 0 Å². The second kappa shape index (κ2) is 4.59. The van der Waals surface area contributed by atoms with Crippen molar-refractivity contribution in [1.29, 1.82) is 0 Å². The Bertz CT molecular complexity index is 600. The van der Waals surface area contributed by atoms with Gasteiger partial charge in [-0.25, -0.2) is 0 Å². The lowest BCUT2D eigenvalue weighted by Gasteiger charge is -2.29. The highest BCUT2D eigenvalue weighted by atomic mass is 127. The van der Waals surface area contributed by atoms with E-state index in [4.69, 9.17) is 0 Å². The van der Waals surface area contributed by atoms with Gasteiger partial charge in [0.25, 0.3) is 5.91 Å². The number of rotatable bonds is 1. The van der Waals surface area contributed by atoms with Crippen LogP contribution in [-0.4, -0.2) is 28.7 Å². The van der Waals surface area contributed by atoms with E-state index in [-0.39, 0.29) is 24.1 Å². The van der Waals surface area contributed by atoms with E-state index in [9.17, 15) is 14.4 Å². The summed E-state index contributed by atoms with van der Waals surface area (Å²) in [6, 6.07) is 5.10. The Hall–Kier alpha value is -1.44. The van der Waals surface area contributed by atoms with Crippen LogP contribution in [0.1, 0.15) is 28.8 Å². The van der Waals surface area contributed by atoms with Crippen molar-refractivity contribution in [2.75, 3.05) is 0 Å². The zero-order chi connectivity index (χ0) is 13.6. The topological polar surface area (TPSA) is 66.5 Å². The van der Waals surface area contributed by atoms with Crippen molar-refractivity contribution in [3.8, 4) is 0 Å². The number of nitrogens with zero attached hydrogens (tertiary/aromatic N) is 1. The molecule has 3 rings (SSSR count). The third-order valence-electron chi connectivity index (χ3n) is 3.49. The Morgan fingerprint density at radius 3 is 2.79 bits per heavy atom. The van der Waals surface area contributed by atoms with Crippen molar-refractivity contribution in [3.05, 3.63) is 32.9 Å². The number of carbonyl (C=O) groups is 3. The van der Waals surface area contributed by atoms with Gasteiger partial charge >= 0.3 is 0 Å². The SMILES string of the molecule is O=C1CCC(N2Cc3cc(I)ccc3C2=O)C(=O)N1. The minimum absolute atomic E-state index is 0.124. The lowest BCUT2D eigenvalue weighted by atomic mass is 10.0. The predicted molar refractivity (Wildman–Crippen MR) is 75.2 cm³/mol. The van der Waals surface area contributed by atoms with Crippen LogP contribution in [0.25, 0.3) is 0 Å². The fraction of sp³-hybridized carbons (Fsp3) is 0.308. The summed E-state index contributed by atoms with van der Waals surface area (Å²) >= 11 is 2.19. The van der Waals surface area contributed by atoms with E-state index in [1.165, 1.54) is 0 Å². The first-order chi connectivity index (χ1) is 9.06. The van der Waals surface area contributed by atoms with E-state index in [2.05, 4.69) is 27.9 Å². The van der Waals surface area contributed by atoms with Crippen LogP contribution in [0.5, 0.6) is 0 Å². The maximum Gasteiger partial charge on any atom is 0.255 e. The first kappa shape index (κ1) is 12.6. The molecule has 1 saturated heterocycles. The number of imide groups is 1. The first-order valence-corrected chi connectivity index (χ1v) is 7.07. The summed E-state index contributed by atoms with van der Waals surface area (Å²) in [5.41, 5.74) is 1.60. The van der Waals surface area contributed by atoms with E-state index in [0.29, 0.717) is 18.5 Å². The van der Waals surface area contributed by atoms with Crippen molar-refractivity contribution in [2.24, 2.45) is 0 Å². The van der Waals surface area contributed by atoms with E-state index in [1.807, 2.05) is 12.1 Å². The van der Waals surface area contributed by atoms with E-state index in [0.717, 1.165) is 9.13 Å². The summed E-state index contributed by atoms with van der Waals surface area (Å²) in [5.74, 6) is -0.757. The minimum Gasteiger partial charge on any atom is -0.322 e. The third-order valence-corrected chi connectivity index (χ3v) is 4.16. The Morgan fingerprint density at radius 1 is 1.26 bits per heavy atom. The van der Waals surface area contributed by atoms with Gasteiger partial charge < -0.3 is 4.90 Å². The fourth-order valence-electron chi connectivity index (χ4n) is 2.54. The van der Waals surface area contributed by atoms with Crippen molar-refractivity contribution >= 4 is 40.3 Å². The van der Waals surface area contributed by atoms with Crippen LogP contribution >= 0.6 is 22.6 Å². The molecule has 98 valence electrons. The lowest BCUT2D eigenvalue weighted by Crippen LogP contribution is -2.52. The molecule has 1 unspecified atom stereocenters. The molecule has 1 fully saturated rings. The smallest absolute Gasteiger partial charge is 0.255 e. The molecule has 0 aromatic heterocycles. The summed E-state index contributed by atoms with van der Waals surface area (Å²) in [4.78, 5) is 36.8. The molecule has 0 aliphatic carbocycles. The first-order valence-electron chi connectivity index (χ1n) is 5.99. The number of piperidine rings is 1. The van der Waals surface area contributed by atoms with Crippen LogP contribution in [0.4, 0.5) is 0 Å². The normalized spacial score (nSPS) is 22.5. The molecular weight excluding hydrogens is 359 g/mol. The molecular formula is C13H11IN2O3. The Labute approximate surface area is 123 Å². The quantitative estimate of drug-likeness (QED) is 0.594. The molecule has 5 nitrogen and oxygen atoms in total. The largest absolute Gasteiger partial charge is 0.322 e. The predicted octanol–water partition coefficient (Wildman–Crippen LogP) is 1.05. The van der Waals surface area contributed by atoms with Gasteiger partial charge in [-0.05, 0) is 52.8 Å². The van der Waals surface area contributed by atoms with Crippen molar-refractivity contribution < 1.29 is 14.4 Å². The average Bonchev–Trinajstić information content (AvgIpc) is 2.66. The molecule has 3 amide bonds. The minimum atomic E-state index is -0.532. The lowest BCUT2D eigenvalue weighted by molar-refractivity contribution is -0.136. The summed E-state index contributed by atoms with van der Waals surface area (Å²) in [5, 5.41) is 2.29. The molecule has 2 heterocycles. The van der Waals surface area contributed by atoms with Crippen LogP contribution in [0.2, 0.25) is 0 Å². The number of nitrogens with one attached hydrogen (secondary N) is 1. The average molecular weight is 370 g/mol. The van der Waals surface area contributed by atoms with Crippen LogP contribution in [0.3, 0.4) is 0 Å². The van der Waals surface area contributed by atoms with Crippen LogP contribution in [0.15, 0.2) is 18.2 Å². The molecule has 0 spiro atoms. The van der Waals surface area contributed by atoms with Crippen molar-refractivity contribution in [3.63, 3.8) is 0 Å². The van der Waals surface area contributed by atoms with Gasteiger partial charge in [0.05, 0.1) is 0 Å². The van der Waals surface area contributed by atoms with Crippen molar-refractivity contribution in [2.45, 2.75) is 25.4 Å². The number of carbonyl (C=O) groups excluding carboxylic acids is 3. The second-order valence-electron chi connectivity index (χ2n) is 4.70. The summed E-state index contributed by atoms with van der Waals surface area (Å²) in [6.07, 6.45) is 0.690. The van der Waals surface area contributed by atoms with Gasteiger partial charge in [0, 0.05) is 22.1 Å². The maximum absolute atomic E-state index is 12.3. The van der Waals surface area contributed by atoms with Crippen molar-refractivity contribution in [1.82, 2.24) is 10.2 Å². The maximum atomic E-state index is 12.3. The summed E-state index contributed by atoms with van der Waals surface area (Å²) < 4.78 is 1.06. The zero-order valence-corrected chi connectivity index (χ0v) is 12.1. The number of halogens is 1. The molecule has 6 heteroatoms. The van der Waals surface area contributed by atoms with Gasteiger partial charge in [-0.3, -0.25) is 19.7 Å². The second-order valence-corrected chi connectivity index (χ2v) is 5.95. The van der Waals surface area contributed by atoms with Gasteiger partial charge in [0.2, 0.25) is 11.8 Å². The standard InChI is InChI=1S/C13H11IN2O3/c14-8-1-2-9-7(5-8)6-16(13(9)19)10-3-4-11(17)15-12(10)18/h1-2,5,10H,3-4,6H2,(H,15,17,18). The van der Waals surface area contributed by atoms with Gasteiger partial charge in [-0.15, -0.1) is 0 Å². The number of hydrogen-bond acceptors (Lipinski definition) is 3. The van der Waals surface area contributed by atoms with Gasteiger partial charge in [0.1, 0.15) is 6.04 Å². The summed E-state index contributed by atoms with van der Waals surface area (Å²) in [6.45, 7) is 0.442. The van der Waals surface area contributed by atoms with Gasteiger partial charge in [-0.2, -0.15) is 0 Å². The highest BCUT2D eigenvalue weighted by molar-refractivity contribution is 14.1. The fourth-order valence-corrected chi connectivity index (χ4v) is 3.10. The Balaban J connectivity index is 1.87. The molecule has 1 atom stereocenters. The Morgan fingerprint density at radius 2 is 2.05 bits per heavy atom. The monoisotopic (exact) mass is 370 g/mol. The molecule has 0 saturated carbocycles. The molecule has 19 heavy (non-hydrogen) atoms. The zero-order valence-electron chi connectivity index (χ0n) is 9.98. The molecule has 1 aromatic rings. The number of hydrogen-bond donors (Lipinski definition) is 1. The number of amides is 3. The van der Waals surface area contributed by atoms with E-state index in [1.54, 1.807) is 11.0 Å².